The van der Waals surface area contributed by atoms with Crippen molar-refractivity contribution in [1.82, 2.24) is 0 Å². The molecule has 118 valence electrons. The summed E-state index contributed by atoms with van der Waals surface area (Å²) in [6.45, 7) is 3.71. The van der Waals surface area contributed by atoms with Crippen LogP contribution in [0, 0.1) is 0 Å². The summed E-state index contributed by atoms with van der Waals surface area (Å²) in [5.74, 6) is 0.372. The molecule has 22 heavy (non-hydrogen) atoms. The van der Waals surface area contributed by atoms with Gasteiger partial charge in [-0.25, -0.2) is 0 Å². The molecule has 0 saturated heterocycles. The summed E-state index contributed by atoms with van der Waals surface area (Å²) in [5, 5.41) is 2.28. The standard InChI is InChI=1S/C14H13Cl2NO3S2/c1-9(2)20-14-11(15)6-10(7-12(14)16)8-17-22(18,19)13-4-3-5-21-13/h3-9H,1-2H3/b17-8-. The zero-order valence-electron chi connectivity index (χ0n) is 11.8. The number of thiophene rings is 1. The van der Waals surface area contributed by atoms with E-state index in [0.29, 0.717) is 21.4 Å². The summed E-state index contributed by atoms with van der Waals surface area (Å²) in [4.78, 5) is 0. The third kappa shape index (κ3) is 4.23. The van der Waals surface area contributed by atoms with Gasteiger partial charge in [-0.15, -0.1) is 11.3 Å². The average Bonchev–Trinajstić information content (AvgIpc) is 2.95. The Bertz CT molecular complexity index is 761. The molecule has 0 bridgehead atoms. The minimum atomic E-state index is -3.70. The lowest BCUT2D eigenvalue weighted by Crippen LogP contribution is -2.06. The van der Waals surface area contributed by atoms with E-state index in [2.05, 4.69) is 4.40 Å². The fourth-order valence-electron chi connectivity index (χ4n) is 1.59. The molecule has 1 aromatic carbocycles. The predicted molar refractivity (Wildman–Crippen MR) is 91.3 cm³/mol. The van der Waals surface area contributed by atoms with Gasteiger partial charge in [0.05, 0.1) is 16.1 Å². The first-order valence-electron chi connectivity index (χ1n) is 6.29. The van der Waals surface area contributed by atoms with Crippen molar-refractivity contribution in [3.63, 3.8) is 0 Å². The van der Waals surface area contributed by atoms with Crippen molar-refractivity contribution in [3.05, 3.63) is 45.3 Å². The highest BCUT2D eigenvalue weighted by molar-refractivity contribution is 7.92. The number of benzene rings is 1. The maximum absolute atomic E-state index is 12.0. The summed E-state index contributed by atoms with van der Waals surface area (Å²) in [6, 6.07) is 6.26. The van der Waals surface area contributed by atoms with E-state index in [0.717, 1.165) is 11.3 Å². The van der Waals surface area contributed by atoms with Crippen LogP contribution in [0.25, 0.3) is 0 Å². The van der Waals surface area contributed by atoms with Crippen LogP contribution in [0.3, 0.4) is 0 Å². The van der Waals surface area contributed by atoms with E-state index in [1.165, 1.54) is 12.3 Å². The van der Waals surface area contributed by atoms with Gasteiger partial charge in [-0.2, -0.15) is 12.8 Å². The maximum Gasteiger partial charge on any atom is 0.291 e. The molecule has 0 N–H and O–H groups in total. The van der Waals surface area contributed by atoms with Crippen LogP contribution in [0.1, 0.15) is 19.4 Å². The Kier molecular flexibility index (Phi) is 5.50. The molecule has 0 saturated carbocycles. The Labute approximate surface area is 143 Å². The number of ether oxygens (including phenoxy) is 1. The summed E-state index contributed by atoms with van der Waals surface area (Å²) < 4.78 is 33.3. The summed E-state index contributed by atoms with van der Waals surface area (Å²) >= 11 is 13.3. The van der Waals surface area contributed by atoms with E-state index < -0.39 is 10.0 Å². The molecule has 0 amide bonds. The number of hydrogen-bond acceptors (Lipinski definition) is 4. The van der Waals surface area contributed by atoms with Crippen molar-refractivity contribution in [2.45, 2.75) is 24.2 Å². The Hall–Kier alpha value is -1.08. The Morgan fingerprint density at radius 1 is 1.27 bits per heavy atom. The molecule has 0 atom stereocenters. The maximum atomic E-state index is 12.0. The monoisotopic (exact) mass is 377 g/mol. The number of rotatable bonds is 5. The van der Waals surface area contributed by atoms with Gasteiger partial charge in [0, 0.05) is 6.21 Å². The minimum Gasteiger partial charge on any atom is -0.488 e. The van der Waals surface area contributed by atoms with Crippen LogP contribution >= 0.6 is 34.5 Å². The highest BCUT2D eigenvalue weighted by Crippen LogP contribution is 2.34. The van der Waals surface area contributed by atoms with E-state index in [1.807, 2.05) is 13.8 Å². The molecule has 1 heterocycles. The molecule has 2 aromatic rings. The van der Waals surface area contributed by atoms with Gasteiger partial charge in [0.1, 0.15) is 4.21 Å². The van der Waals surface area contributed by atoms with Crippen LogP contribution in [0.15, 0.2) is 38.3 Å². The third-order valence-electron chi connectivity index (χ3n) is 2.46. The van der Waals surface area contributed by atoms with Gasteiger partial charge in [0.2, 0.25) is 0 Å². The Balaban J connectivity index is 2.30. The first-order chi connectivity index (χ1) is 10.3. The third-order valence-corrected chi connectivity index (χ3v) is 5.64. The fourth-order valence-corrected chi connectivity index (χ4v) is 4.03. The largest absolute Gasteiger partial charge is 0.488 e. The average molecular weight is 378 g/mol. The topological polar surface area (TPSA) is 55.7 Å². The molecular weight excluding hydrogens is 365 g/mol. The zero-order valence-corrected chi connectivity index (χ0v) is 14.9. The van der Waals surface area contributed by atoms with Crippen molar-refractivity contribution in [1.29, 1.82) is 0 Å². The summed E-state index contributed by atoms with van der Waals surface area (Å²) in [7, 11) is -3.70. The van der Waals surface area contributed by atoms with E-state index in [4.69, 9.17) is 27.9 Å². The van der Waals surface area contributed by atoms with Gasteiger partial charge < -0.3 is 4.74 Å². The first-order valence-corrected chi connectivity index (χ1v) is 9.36. The minimum absolute atomic E-state index is 0.0753. The second kappa shape index (κ2) is 7.00. The molecule has 0 fully saturated rings. The molecule has 0 aliphatic carbocycles. The van der Waals surface area contributed by atoms with Crippen LogP contribution < -0.4 is 4.74 Å². The Morgan fingerprint density at radius 2 is 1.91 bits per heavy atom. The highest BCUT2D eigenvalue weighted by Gasteiger charge is 2.14. The van der Waals surface area contributed by atoms with Gasteiger partial charge in [0.25, 0.3) is 10.0 Å². The lowest BCUT2D eigenvalue weighted by molar-refractivity contribution is 0.243. The van der Waals surface area contributed by atoms with E-state index in [-0.39, 0.29) is 10.3 Å². The molecular formula is C14H13Cl2NO3S2. The lowest BCUT2D eigenvalue weighted by atomic mass is 10.2. The molecule has 2 rings (SSSR count). The molecule has 8 heteroatoms. The fraction of sp³-hybridized carbons (Fsp3) is 0.214. The SMILES string of the molecule is CC(C)Oc1c(Cl)cc(/C=N\S(=O)(=O)c2cccs2)cc1Cl. The van der Waals surface area contributed by atoms with E-state index >= 15 is 0 Å². The van der Waals surface area contributed by atoms with Crippen molar-refractivity contribution < 1.29 is 13.2 Å². The molecule has 0 radical (unpaired) electrons. The molecule has 0 spiro atoms. The van der Waals surface area contributed by atoms with Crippen molar-refractivity contribution in [2.75, 3.05) is 0 Å². The number of halogens is 2. The van der Waals surface area contributed by atoms with Gasteiger partial charge in [-0.1, -0.05) is 29.3 Å². The van der Waals surface area contributed by atoms with Gasteiger partial charge in [-0.3, -0.25) is 0 Å². The van der Waals surface area contributed by atoms with E-state index in [9.17, 15) is 8.42 Å². The van der Waals surface area contributed by atoms with Crippen molar-refractivity contribution >= 4 is 50.8 Å². The molecule has 0 aliphatic heterocycles. The van der Waals surface area contributed by atoms with Gasteiger partial charge >= 0.3 is 0 Å². The zero-order chi connectivity index (χ0) is 16.3. The van der Waals surface area contributed by atoms with Gasteiger partial charge in [0.15, 0.2) is 5.75 Å². The molecule has 1 aromatic heterocycles. The first kappa shape index (κ1) is 17.3. The smallest absolute Gasteiger partial charge is 0.291 e. The second-order valence-corrected chi connectivity index (χ2v) is 8.24. The van der Waals surface area contributed by atoms with E-state index in [1.54, 1.807) is 23.6 Å². The molecule has 0 aliphatic rings. The number of sulfonamides is 1. The van der Waals surface area contributed by atoms with Crippen LogP contribution in [0.4, 0.5) is 0 Å². The molecule has 4 nitrogen and oxygen atoms in total. The summed E-state index contributed by atoms with van der Waals surface area (Å²) in [6.07, 6.45) is 1.14. The quantitative estimate of drug-likeness (QED) is 0.712. The highest BCUT2D eigenvalue weighted by atomic mass is 35.5. The predicted octanol–water partition coefficient (Wildman–Crippen LogP) is 4.65. The number of nitrogens with zero attached hydrogens (tertiary/aromatic N) is 1. The van der Waals surface area contributed by atoms with Crippen LogP contribution in [-0.4, -0.2) is 20.7 Å². The van der Waals surface area contributed by atoms with Gasteiger partial charge in [-0.05, 0) is 43.0 Å². The van der Waals surface area contributed by atoms with Crippen molar-refractivity contribution in [2.24, 2.45) is 4.40 Å². The second-order valence-electron chi connectivity index (χ2n) is 4.62. The summed E-state index contributed by atoms with van der Waals surface area (Å²) in [5.41, 5.74) is 0.478. The lowest BCUT2D eigenvalue weighted by Gasteiger charge is -2.13. The van der Waals surface area contributed by atoms with Crippen molar-refractivity contribution in [3.8, 4) is 5.75 Å². The number of hydrogen-bond donors (Lipinski definition) is 0. The molecule has 0 unspecified atom stereocenters. The van der Waals surface area contributed by atoms with Crippen LogP contribution in [0.5, 0.6) is 5.75 Å². The van der Waals surface area contributed by atoms with Crippen LogP contribution in [0.2, 0.25) is 10.0 Å². The van der Waals surface area contributed by atoms with Crippen LogP contribution in [-0.2, 0) is 10.0 Å². The normalized spacial score (nSPS) is 12.2. The Morgan fingerprint density at radius 3 is 2.41 bits per heavy atom.